The molecule has 1 heterocycles. The average Bonchev–Trinajstić information content (AvgIpc) is 2.19. The summed E-state index contributed by atoms with van der Waals surface area (Å²) in [6, 6.07) is 0.125. The van der Waals surface area contributed by atoms with Crippen molar-refractivity contribution in [3.8, 4) is 0 Å². The van der Waals surface area contributed by atoms with Crippen molar-refractivity contribution >= 4 is 0 Å². The largest absolute Gasteiger partial charge is 0.385 e. The first-order chi connectivity index (χ1) is 6.74. The SMILES string of the molecule is COCCCN1CCOC(C(C)N)C1. The van der Waals surface area contributed by atoms with Gasteiger partial charge in [-0.05, 0) is 13.3 Å². The minimum Gasteiger partial charge on any atom is -0.385 e. The van der Waals surface area contributed by atoms with E-state index in [9.17, 15) is 0 Å². The average molecular weight is 202 g/mol. The van der Waals surface area contributed by atoms with Crippen LogP contribution in [0.4, 0.5) is 0 Å². The van der Waals surface area contributed by atoms with Crippen LogP contribution in [0.1, 0.15) is 13.3 Å². The Morgan fingerprint density at radius 1 is 1.64 bits per heavy atom. The molecule has 1 rings (SSSR count). The van der Waals surface area contributed by atoms with Crippen LogP contribution in [-0.4, -0.2) is 57.0 Å². The number of nitrogens with zero attached hydrogens (tertiary/aromatic N) is 1. The highest BCUT2D eigenvalue weighted by molar-refractivity contribution is 4.77. The molecule has 0 aliphatic carbocycles. The monoisotopic (exact) mass is 202 g/mol. The van der Waals surface area contributed by atoms with Gasteiger partial charge in [0.05, 0.1) is 12.7 Å². The first-order valence-corrected chi connectivity index (χ1v) is 5.32. The molecule has 1 fully saturated rings. The van der Waals surface area contributed by atoms with Crippen LogP contribution in [0.5, 0.6) is 0 Å². The van der Waals surface area contributed by atoms with E-state index < -0.39 is 0 Å². The molecule has 0 amide bonds. The maximum Gasteiger partial charge on any atom is 0.0850 e. The maximum absolute atomic E-state index is 5.81. The Morgan fingerprint density at radius 2 is 2.43 bits per heavy atom. The fourth-order valence-corrected chi connectivity index (χ4v) is 1.69. The van der Waals surface area contributed by atoms with Crippen molar-refractivity contribution in [2.45, 2.75) is 25.5 Å². The molecule has 4 heteroatoms. The standard InChI is InChI=1S/C10H22N2O2/c1-9(11)10-8-12(5-7-14-10)4-3-6-13-2/h9-10H,3-8,11H2,1-2H3. The first-order valence-electron chi connectivity index (χ1n) is 5.32. The van der Waals surface area contributed by atoms with Gasteiger partial charge in [0.15, 0.2) is 0 Å². The van der Waals surface area contributed by atoms with Gasteiger partial charge in [0.25, 0.3) is 0 Å². The van der Waals surface area contributed by atoms with E-state index in [2.05, 4.69) is 4.90 Å². The third-order valence-electron chi connectivity index (χ3n) is 2.59. The van der Waals surface area contributed by atoms with Gasteiger partial charge in [0, 0.05) is 39.4 Å². The summed E-state index contributed by atoms with van der Waals surface area (Å²) in [6.45, 7) is 6.71. The number of nitrogens with two attached hydrogens (primary N) is 1. The molecule has 0 saturated carbocycles. The van der Waals surface area contributed by atoms with Gasteiger partial charge in [0.1, 0.15) is 0 Å². The minimum atomic E-state index is 0.125. The van der Waals surface area contributed by atoms with Crippen LogP contribution in [0, 0.1) is 0 Å². The van der Waals surface area contributed by atoms with Crippen molar-refractivity contribution in [1.29, 1.82) is 0 Å². The fraction of sp³-hybridized carbons (Fsp3) is 1.00. The van der Waals surface area contributed by atoms with E-state index in [0.717, 1.165) is 39.3 Å². The van der Waals surface area contributed by atoms with Crippen LogP contribution in [0.15, 0.2) is 0 Å². The van der Waals surface area contributed by atoms with Crippen LogP contribution >= 0.6 is 0 Å². The fourth-order valence-electron chi connectivity index (χ4n) is 1.69. The highest BCUT2D eigenvalue weighted by atomic mass is 16.5. The van der Waals surface area contributed by atoms with Crippen LogP contribution in [-0.2, 0) is 9.47 Å². The summed E-state index contributed by atoms with van der Waals surface area (Å²) < 4.78 is 10.6. The molecule has 1 saturated heterocycles. The zero-order valence-electron chi connectivity index (χ0n) is 9.24. The van der Waals surface area contributed by atoms with Gasteiger partial charge in [0.2, 0.25) is 0 Å². The van der Waals surface area contributed by atoms with Crippen molar-refractivity contribution in [3.63, 3.8) is 0 Å². The number of hydrogen-bond donors (Lipinski definition) is 1. The highest BCUT2D eigenvalue weighted by Gasteiger charge is 2.22. The summed E-state index contributed by atoms with van der Waals surface area (Å²) in [4.78, 5) is 2.40. The van der Waals surface area contributed by atoms with E-state index >= 15 is 0 Å². The molecule has 1 aliphatic heterocycles. The normalized spacial score (nSPS) is 26.4. The lowest BCUT2D eigenvalue weighted by atomic mass is 10.1. The maximum atomic E-state index is 5.81. The molecular formula is C10H22N2O2. The number of hydrogen-bond acceptors (Lipinski definition) is 4. The van der Waals surface area contributed by atoms with Gasteiger partial charge in [-0.3, -0.25) is 4.90 Å². The molecule has 14 heavy (non-hydrogen) atoms. The van der Waals surface area contributed by atoms with E-state index in [-0.39, 0.29) is 12.1 Å². The van der Waals surface area contributed by atoms with Gasteiger partial charge in [-0.15, -0.1) is 0 Å². The van der Waals surface area contributed by atoms with Gasteiger partial charge in [-0.25, -0.2) is 0 Å². The molecule has 1 aliphatic rings. The molecule has 0 radical (unpaired) electrons. The Bertz CT molecular complexity index is 153. The Balaban J connectivity index is 2.19. The van der Waals surface area contributed by atoms with Crippen LogP contribution in [0.2, 0.25) is 0 Å². The number of methoxy groups -OCH3 is 1. The lowest BCUT2D eigenvalue weighted by Crippen LogP contribution is -2.49. The van der Waals surface area contributed by atoms with Gasteiger partial charge in [-0.1, -0.05) is 0 Å². The lowest BCUT2D eigenvalue weighted by molar-refractivity contribution is -0.0390. The molecule has 2 unspecified atom stereocenters. The molecule has 2 atom stereocenters. The third-order valence-corrected chi connectivity index (χ3v) is 2.59. The second-order valence-corrected chi connectivity index (χ2v) is 3.92. The van der Waals surface area contributed by atoms with E-state index in [1.165, 1.54) is 0 Å². The summed E-state index contributed by atoms with van der Waals surface area (Å²) in [5, 5.41) is 0. The molecule has 2 N–H and O–H groups in total. The number of ether oxygens (including phenoxy) is 2. The van der Waals surface area contributed by atoms with Crippen molar-refractivity contribution in [1.82, 2.24) is 4.90 Å². The Morgan fingerprint density at radius 3 is 3.07 bits per heavy atom. The highest BCUT2D eigenvalue weighted by Crippen LogP contribution is 2.07. The topological polar surface area (TPSA) is 47.7 Å². The lowest BCUT2D eigenvalue weighted by Gasteiger charge is -2.34. The zero-order valence-corrected chi connectivity index (χ0v) is 9.24. The number of morpholine rings is 1. The second-order valence-electron chi connectivity index (χ2n) is 3.92. The molecule has 4 nitrogen and oxygen atoms in total. The summed E-state index contributed by atoms with van der Waals surface area (Å²) in [5.74, 6) is 0. The van der Waals surface area contributed by atoms with Crippen LogP contribution in [0.25, 0.3) is 0 Å². The first kappa shape index (κ1) is 11.9. The predicted molar refractivity (Wildman–Crippen MR) is 56.3 cm³/mol. The van der Waals surface area contributed by atoms with Crippen molar-refractivity contribution < 1.29 is 9.47 Å². The van der Waals surface area contributed by atoms with Gasteiger partial charge < -0.3 is 15.2 Å². The molecule has 84 valence electrons. The van der Waals surface area contributed by atoms with Crippen LogP contribution in [0.3, 0.4) is 0 Å². The van der Waals surface area contributed by atoms with Gasteiger partial charge >= 0.3 is 0 Å². The van der Waals surface area contributed by atoms with Gasteiger partial charge in [-0.2, -0.15) is 0 Å². The predicted octanol–water partition coefficient (Wildman–Crippen LogP) is 0.0709. The van der Waals surface area contributed by atoms with Crippen molar-refractivity contribution in [2.75, 3.05) is 40.0 Å². The summed E-state index contributed by atoms with van der Waals surface area (Å²) in [5.41, 5.74) is 5.81. The van der Waals surface area contributed by atoms with Crippen molar-refractivity contribution in [3.05, 3.63) is 0 Å². The molecule has 0 spiro atoms. The summed E-state index contributed by atoms with van der Waals surface area (Å²) >= 11 is 0. The minimum absolute atomic E-state index is 0.125. The van der Waals surface area contributed by atoms with Crippen molar-refractivity contribution in [2.24, 2.45) is 5.73 Å². The van der Waals surface area contributed by atoms with E-state index in [1.54, 1.807) is 7.11 Å². The summed E-state index contributed by atoms with van der Waals surface area (Å²) in [7, 11) is 1.74. The quantitative estimate of drug-likeness (QED) is 0.641. The van der Waals surface area contributed by atoms with Crippen LogP contribution < -0.4 is 5.73 Å². The second kappa shape index (κ2) is 6.35. The molecule has 0 aromatic heterocycles. The third kappa shape index (κ3) is 3.92. The summed E-state index contributed by atoms with van der Waals surface area (Å²) in [6.07, 6.45) is 1.29. The Hall–Kier alpha value is -0.160. The molecule has 0 bridgehead atoms. The van der Waals surface area contributed by atoms with E-state index in [1.807, 2.05) is 6.92 Å². The molecular weight excluding hydrogens is 180 g/mol. The Kier molecular flexibility index (Phi) is 5.40. The van der Waals surface area contributed by atoms with E-state index in [4.69, 9.17) is 15.2 Å². The number of rotatable bonds is 5. The zero-order chi connectivity index (χ0) is 10.4. The van der Waals surface area contributed by atoms with E-state index in [0.29, 0.717) is 0 Å². The Labute approximate surface area is 86.3 Å². The molecule has 0 aromatic carbocycles. The molecule has 0 aromatic rings. The smallest absolute Gasteiger partial charge is 0.0850 e.